The van der Waals surface area contributed by atoms with E-state index in [1.807, 2.05) is 24.3 Å². The minimum absolute atomic E-state index is 0.234. The Labute approximate surface area is 126 Å². The van der Waals surface area contributed by atoms with Crippen LogP contribution in [0.1, 0.15) is 22.1 Å². The summed E-state index contributed by atoms with van der Waals surface area (Å²) in [6, 6.07) is 15.2. The Balaban J connectivity index is 1.90. The molecule has 1 aromatic heterocycles. The maximum absolute atomic E-state index is 12.4. The van der Waals surface area contributed by atoms with Crippen LogP contribution >= 0.6 is 0 Å². The molecule has 0 radical (unpaired) electrons. The quantitative estimate of drug-likeness (QED) is 0.680. The summed E-state index contributed by atoms with van der Waals surface area (Å²) in [7, 11) is 0. The van der Waals surface area contributed by atoms with E-state index in [2.05, 4.69) is 15.5 Å². The molecule has 2 amide bonds. The fourth-order valence-corrected chi connectivity index (χ4v) is 2.30. The molecule has 6 heteroatoms. The first-order chi connectivity index (χ1) is 10.7. The minimum Gasteiger partial charge on any atom is -0.368 e. The molecule has 1 heterocycles. The lowest BCUT2D eigenvalue weighted by molar-refractivity contribution is -0.120. The van der Waals surface area contributed by atoms with Crippen LogP contribution in [0.25, 0.3) is 10.9 Å². The molecule has 0 aliphatic rings. The second kappa shape index (κ2) is 5.69. The number of primary amides is 1. The van der Waals surface area contributed by atoms with Crippen LogP contribution in [0, 0.1) is 0 Å². The third-order valence-corrected chi connectivity index (χ3v) is 3.38. The number of benzene rings is 2. The van der Waals surface area contributed by atoms with E-state index in [1.54, 1.807) is 30.3 Å². The number of H-pyrrole nitrogens is 1. The van der Waals surface area contributed by atoms with Crippen LogP contribution in [0.15, 0.2) is 54.6 Å². The van der Waals surface area contributed by atoms with Gasteiger partial charge >= 0.3 is 0 Å². The molecular weight excluding hydrogens is 280 g/mol. The highest BCUT2D eigenvalue weighted by Gasteiger charge is 2.23. The van der Waals surface area contributed by atoms with Gasteiger partial charge in [0.05, 0.1) is 5.52 Å². The second-order valence-corrected chi connectivity index (χ2v) is 4.84. The van der Waals surface area contributed by atoms with Crippen molar-refractivity contribution in [2.75, 3.05) is 0 Å². The van der Waals surface area contributed by atoms with Crippen LogP contribution in [0.4, 0.5) is 0 Å². The van der Waals surface area contributed by atoms with Gasteiger partial charge in [-0.2, -0.15) is 5.10 Å². The zero-order chi connectivity index (χ0) is 15.5. The predicted octanol–water partition coefficient (Wildman–Crippen LogP) is 1.52. The first-order valence-electron chi connectivity index (χ1n) is 6.75. The molecule has 0 saturated heterocycles. The van der Waals surface area contributed by atoms with E-state index in [1.165, 1.54) is 0 Å². The van der Waals surface area contributed by atoms with Gasteiger partial charge in [-0.15, -0.1) is 0 Å². The molecule has 110 valence electrons. The number of fused-ring (bicyclic) bond motifs is 1. The molecule has 0 bridgehead atoms. The normalized spacial score (nSPS) is 12.0. The number of nitrogens with two attached hydrogens (primary N) is 1. The number of nitrogens with one attached hydrogen (secondary N) is 2. The van der Waals surface area contributed by atoms with E-state index in [-0.39, 0.29) is 5.69 Å². The number of carbonyl (C=O) groups is 2. The highest BCUT2D eigenvalue weighted by molar-refractivity contribution is 6.06. The van der Waals surface area contributed by atoms with Crippen LogP contribution in [-0.4, -0.2) is 22.0 Å². The summed E-state index contributed by atoms with van der Waals surface area (Å²) >= 11 is 0. The Kier molecular flexibility index (Phi) is 3.57. The first-order valence-corrected chi connectivity index (χ1v) is 6.75. The van der Waals surface area contributed by atoms with E-state index < -0.39 is 17.9 Å². The van der Waals surface area contributed by atoms with Crippen molar-refractivity contribution in [1.29, 1.82) is 0 Å². The van der Waals surface area contributed by atoms with Crippen molar-refractivity contribution in [3.8, 4) is 0 Å². The average Bonchev–Trinajstić information content (AvgIpc) is 2.97. The Morgan fingerprint density at radius 2 is 1.73 bits per heavy atom. The van der Waals surface area contributed by atoms with Crippen molar-refractivity contribution in [3.63, 3.8) is 0 Å². The molecule has 0 unspecified atom stereocenters. The monoisotopic (exact) mass is 294 g/mol. The fourth-order valence-electron chi connectivity index (χ4n) is 2.30. The van der Waals surface area contributed by atoms with Gasteiger partial charge < -0.3 is 11.1 Å². The lowest BCUT2D eigenvalue weighted by Crippen LogP contribution is -2.37. The summed E-state index contributed by atoms with van der Waals surface area (Å²) in [5.41, 5.74) is 7.02. The number of rotatable bonds is 4. The zero-order valence-corrected chi connectivity index (χ0v) is 11.6. The molecular formula is C16H14N4O2. The fraction of sp³-hybridized carbons (Fsp3) is 0.0625. The molecule has 1 atom stereocenters. The van der Waals surface area contributed by atoms with Gasteiger partial charge in [0.15, 0.2) is 5.69 Å². The average molecular weight is 294 g/mol. The van der Waals surface area contributed by atoms with E-state index in [0.29, 0.717) is 10.9 Å². The third-order valence-electron chi connectivity index (χ3n) is 3.38. The molecule has 3 rings (SSSR count). The molecule has 4 N–H and O–H groups in total. The lowest BCUT2D eigenvalue weighted by atomic mass is 10.1. The van der Waals surface area contributed by atoms with Gasteiger partial charge in [0.1, 0.15) is 6.04 Å². The van der Waals surface area contributed by atoms with Crippen molar-refractivity contribution >= 4 is 22.7 Å². The van der Waals surface area contributed by atoms with E-state index >= 15 is 0 Å². The Hall–Kier alpha value is -3.15. The van der Waals surface area contributed by atoms with Gasteiger partial charge in [-0.05, 0) is 11.6 Å². The summed E-state index contributed by atoms with van der Waals surface area (Å²) < 4.78 is 0. The number of amides is 2. The van der Waals surface area contributed by atoms with E-state index in [4.69, 9.17) is 5.73 Å². The SMILES string of the molecule is NC(=O)[C@@H](NC(=O)c1n[nH]c2ccccc12)c1ccccc1. The molecule has 3 aromatic rings. The topological polar surface area (TPSA) is 101 Å². The molecule has 2 aromatic carbocycles. The molecule has 6 nitrogen and oxygen atoms in total. The smallest absolute Gasteiger partial charge is 0.273 e. The number of nitrogens with zero attached hydrogens (tertiary/aromatic N) is 1. The minimum atomic E-state index is -0.899. The molecule has 22 heavy (non-hydrogen) atoms. The van der Waals surface area contributed by atoms with Crippen molar-refractivity contribution in [3.05, 3.63) is 65.9 Å². The summed E-state index contributed by atoms with van der Waals surface area (Å²) in [5.74, 6) is -1.08. The highest BCUT2D eigenvalue weighted by atomic mass is 16.2. The summed E-state index contributed by atoms with van der Waals surface area (Å²) in [6.07, 6.45) is 0. The number of hydrogen-bond donors (Lipinski definition) is 3. The third kappa shape index (κ3) is 2.54. The molecule has 0 aliphatic carbocycles. The number of carbonyl (C=O) groups excluding carboxylic acids is 2. The van der Waals surface area contributed by atoms with Gasteiger partial charge in [0, 0.05) is 5.39 Å². The highest BCUT2D eigenvalue weighted by Crippen LogP contribution is 2.17. The maximum Gasteiger partial charge on any atom is 0.273 e. The number of hydrogen-bond acceptors (Lipinski definition) is 3. The van der Waals surface area contributed by atoms with Crippen molar-refractivity contribution in [1.82, 2.24) is 15.5 Å². The Bertz CT molecular complexity index is 826. The van der Waals surface area contributed by atoms with Crippen molar-refractivity contribution in [2.24, 2.45) is 5.73 Å². The summed E-state index contributed by atoms with van der Waals surface area (Å²) in [5, 5.41) is 10.1. The number of para-hydroxylation sites is 1. The van der Waals surface area contributed by atoms with Crippen LogP contribution in [0.3, 0.4) is 0 Å². The van der Waals surface area contributed by atoms with Gasteiger partial charge in [-0.3, -0.25) is 14.7 Å². The van der Waals surface area contributed by atoms with Gasteiger partial charge in [0.25, 0.3) is 5.91 Å². The number of aromatic nitrogens is 2. The molecule has 0 fully saturated rings. The van der Waals surface area contributed by atoms with E-state index in [9.17, 15) is 9.59 Å². The Morgan fingerprint density at radius 3 is 2.45 bits per heavy atom. The van der Waals surface area contributed by atoms with Crippen LogP contribution in [0.2, 0.25) is 0 Å². The predicted molar refractivity (Wildman–Crippen MR) is 81.9 cm³/mol. The van der Waals surface area contributed by atoms with E-state index in [0.717, 1.165) is 5.52 Å². The van der Waals surface area contributed by atoms with Gasteiger partial charge in [-0.25, -0.2) is 0 Å². The van der Waals surface area contributed by atoms with Crippen LogP contribution in [0.5, 0.6) is 0 Å². The van der Waals surface area contributed by atoms with Crippen LogP contribution in [-0.2, 0) is 4.79 Å². The summed E-state index contributed by atoms with van der Waals surface area (Å²) in [6.45, 7) is 0. The van der Waals surface area contributed by atoms with Crippen molar-refractivity contribution < 1.29 is 9.59 Å². The maximum atomic E-state index is 12.4. The summed E-state index contributed by atoms with van der Waals surface area (Å²) in [4.78, 5) is 24.1. The van der Waals surface area contributed by atoms with Crippen molar-refractivity contribution in [2.45, 2.75) is 6.04 Å². The van der Waals surface area contributed by atoms with Crippen LogP contribution < -0.4 is 11.1 Å². The second-order valence-electron chi connectivity index (χ2n) is 4.84. The zero-order valence-electron chi connectivity index (χ0n) is 11.6. The van der Waals surface area contributed by atoms with Gasteiger partial charge in [-0.1, -0.05) is 48.5 Å². The Morgan fingerprint density at radius 1 is 1.05 bits per heavy atom. The number of aromatic amines is 1. The molecule has 0 spiro atoms. The molecule has 0 aliphatic heterocycles. The standard InChI is InChI=1S/C16H14N4O2/c17-15(21)13(10-6-2-1-3-7-10)18-16(22)14-11-8-4-5-9-12(11)19-20-14/h1-9,13H,(H2,17,21)(H,18,22)(H,19,20)/t13-/m0/s1. The first kappa shape index (κ1) is 13.8. The largest absolute Gasteiger partial charge is 0.368 e. The van der Waals surface area contributed by atoms with Gasteiger partial charge in [0.2, 0.25) is 5.91 Å². The lowest BCUT2D eigenvalue weighted by Gasteiger charge is -2.15. The molecule has 0 saturated carbocycles.